The van der Waals surface area contributed by atoms with Gasteiger partial charge in [0.05, 0.1) is 12.0 Å². The molecular formula is C15H10N2O5. The molecule has 7 nitrogen and oxygen atoms in total. The Labute approximate surface area is 124 Å². The third-order valence-electron chi connectivity index (χ3n) is 3.11. The second-order valence-corrected chi connectivity index (χ2v) is 4.48. The van der Waals surface area contributed by atoms with Crippen LogP contribution in [-0.4, -0.2) is 23.0 Å². The molecule has 0 fully saturated rings. The van der Waals surface area contributed by atoms with Crippen LogP contribution in [0.25, 0.3) is 22.6 Å². The van der Waals surface area contributed by atoms with Crippen LogP contribution in [0.1, 0.15) is 10.4 Å². The number of ether oxygens (including phenoxy) is 1. The molecule has 0 N–H and O–H groups in total. The molecule has 3 aromatic rings. The normalized spacial score (nSPS) is 10.6. The van der Waals surface area contributed by atoms with Gasteiger partial charge < -0.3 is 9.15 Å². The molecule has 0 bridgehead atoms. The number of non-ortho nitro benzene ring substituents is 1. The highest BCUT2D eigenvalue weighted by Gasteiger charge is 2.22. The quantitative estimate of drug-likeness (QED) is 0.418. The number of rotatable bonds is 3. The summed E-state index contributed by atoms with van der Waals surface area (Å²) in [5.41, 5.74) is 0.823. The first-order valence-corrected chi connectivity index (χ1v) is 6.33. The largest absolute Gasteiger partial charge is 0.465 e. The van der Waals surface area contributed by atoms with Crippen LogP contribution in [0, 0.1) is 10.1 Å². The summed E-state index contributed by atoms with van der Waals surface area (Å²) in [6.07, 6.45) is 0. The van der Waals surface area contributed by atoms with Gasteiger partial charge in [0.1, 0.15) is 11.1 Å². The summed E-state index contributed by atoms with van der Waals surface area (Å²) >= 11 is 0. The fraction of sp³-hybridized carbons (Fsp3) is 0.0667. The summed E-state index contributed by atoms with van der Waals surface area (Å²) in [5, 5.41) is 11.0. The van der Waals surface area contributed by atoms with Crippen LogP contribution in [0.4, 0.5) is 5.69 Å². The average Bonchev–Trinajstić information content (AvgIpc) is 2.98. The Morgan fingerprint density at radius 3 is 2.64 bits per heavy atom. The fourth-order valence-electron chi connectivity index (χ4n) is 2.09. The van der Waals surface area contributed by atoms with Gasteiger partial charge in [-0.15, -0.1) is 0 Å². The maximum atomic E-state index is 11.8. The van der Waals surface area contributed by atoms with Crippen molar-refractivity contribution in [3.63, 3.8) is 0 Å². The number of benzene rings is 2. The van der Waals surface area contributed by atoms with Gasteiger partial charge in [-0.2, -0.15) is 0 Å². The molecule has 0 spiro atoms. The molecule has 0 aliphatic heterocycles. The van der Waals surface area contributed by atoms with Crippen LogP contribution >= 0.6 is 0 Å². The van der Waals surface area contributed by atoms with Crippen LogP contribution in [0.3, 0.4) is 0 Å². The van der Waals surface area contributed by atoms with Gasteiger partial charge in [-0.05, 0) is 12.1 Å². The van der Waals surface area contributed by atoms with E-state index >= 15 is 0 Å². The standard InChI is InChI=1S/C15H10N2O5/c1-21-15(18)11-7-10(17(19)20)8-12-13(11)22-14(16-12)9-5-3-2-4-6-9/h2-8H,1H3. The Morgan fingerprint density at radius 1 is 1.27 bits per heavy atom. The van der Waals surface area contributed by atoms with Crippen molar-refractivity contribution in [2.75, 3.05) is 7.11 Å². The van der Waals surface area contributed by atoms with Crippen LogP contribution in [-0.2, 0) is 4.74 Å². The van der Waals surface area contributed by atoms with E-state index in [1.165, 1.54) is 13.2 Å². The number of oxazole rings is 1. The van der Waals surface area contributed by atoms with Crippen molar-refractivity contribution in [3.05, 3.63) is 58.1 Å². The maximum absolute atomic E-state index is 11.8. The predicted molar refractivity (Wildman–Crippen MR) is 77.4 cm³/mol. The van der Waals surface area contributed by atoms with Crippen molar-refractivity contribution in [2.45, 2.75) is 0 Å². The molecule has 0 radical (unpaired) electrons. The molecule has 0 atom stereocenters. The average molecular weight is 298 g/mol. The first-order chi connectivity index (χ1) is 10.6. The highest BCUT2D eigenvalue weighted by atomic mass is 16.6. The van der Waals surface area contributed by atoms with Gasteiger partial charge in [0.15, 0.2) is 5.58 Å². The number of fused-ring (bicyclic) bond motifs is 1. The highest BCUT2D eigenvalue weighted by molar-refractivity contribution is 6.02. The van der Waals surface area contributed by atoms with E-state index in [-0.39, 0.29) is 28.2 Å². The van der Waals surface area contributed by atoms with E-state index in [2.05, 4.69) is 9.72 Å². The minimum Gasteiger partial charge on any atom is -0.465 e. The number of carbonyl (C=O) groups is 1. The molecule has 0 saturated heterocycles. The molecule has 1 heterocycles. The summed E-state index contributed by atoms with van der Waals surface area (Å²) in [7, 11) is 1.20. The third-order valence-corrected chi connectivity index (χ3v) is 3.11. The van der Waals surface area contributed by atoms with Crippen molar-refractivity contribution >= 4 is 22.8 Å². The molecule has 0 aliphatic rings. The Kier molecular flexibility index (Phi) is 3.30. The number of nitro benzene ring substituents is 1. The number of nitro groups is 1. The monoisotopic (exact) mass is 298 g/mol. The smallest absolute Gasteiger partial charge is 0.342 e. The first kappa shape index (κ1) is 13.7. The molecular weight excluding hydrogens is 288 g/mol. The number of methoxy groups -OCH3 is 1. The van der Waals surface area contributed by atoms with Crippen molar-refractivity contribution in [2.24, 2.45) is 0 Å². The Morgan fingerprint density at radius 2 is 2.00 bits per heavy atom. The topological polar surface area (TPSA) is 95.5 Å². The number of aromatic nitrogens is 1. The molecule has 7 heteroatoms. The SMILES string of the molecule is COC(=O)c1cc([N+](=O)[O-])cc2nc(-c3ccccc3)oc12. The third kappa shape index (κ3) is 2.28. The highest BCUT2D eigenvalue weighted by Crippen LogP contribution is 2.30. The Bertz CT molecular complexity index is 870. The van der Waals surface area contributed by atoms with Gasteiger partial charge in [0.25, 0.3) is 5.69 Å². The van der Waals surface area contributed by atoms with Crippen LogP contribution in [0.15, 0.2) is 46.9 Å². The van der Waals surface area contributed by atoms with Gasteiger partial charge in [-0.25, -0.2) is 9.78 Å². The summed E-state index contributed by atoms with van der Waals surface area (Å²) in [6, 6.07) is 11.4. The van der Waals surface area contributed by atoms with Crippen LogP contribution in [0.2, 0.25) is 0 Å². The lowest BCUT2D eigenvalue weighted by Crippen LogP contribution is -2.02. The van der Waals surface area contributed by atoms with Crippen molar-refractivity contribution in [1.82, 2.24) is 4.98 Å². The summed E-state index contributed by atoms with van der Waals surface area (Å²) in [5.74, 6) is -0.439. The van der Waals surface area contributed by atoms with Gasteiger partial charge in [0.2, 0.25) is 5.89 Å². The summed E-state index contributed by atoms with van der Waals surface area (Å²) in [6.45, 7) is 0. The predicted octanol–water partition coefficient (Wildman–Crippen LogP) is 3.19. The van der Waals surface area contributed by atoms with Crippen LogP contribution in [0.5, 0.6) is 0 Å². The molecule has 0 saturated carbocycles. The zero-order valence-corrected chi connectivity index (χ0v) is 11.5. The minimum absolute atomic E-state index is 0.0265. The van der Waals surface area contributed by atoms with Gasteiger partial charge in [-0.1, -0.05) is 18.2 Å². The first-order valence-electron chi connectivity index (χ1n) is 6.33. The van der Waals surface area contributed by atoms with E-state index in [9.17, 15) is 14.9 Å². The van der Waals surface area contributed by atoms with Crippen LogP contribution < -0.4 is 0 Å². The summed E-state index contributed by atoms with van der Waals surface area (Å²) < 4.78 is 10.3. The lowest BCUT2D eigenvalue weighted by atomic mass is 10.1. The Balaban J connectivity index is 2.26. The number of carbonyl (C=O) groups excluding carboxylic acids is 1. The second kappa shape index (κ2) is 5.28. The molecule has 0 unspecified atom stereocenters. The van der Waals surface area contributed by atoms with Gasteiger partial charge in [0, 0.05) is 17.7 Å². The summed E-state index contributed by atoms with van der Waals surface area (Å²) in [4.78, 5) is 26.4. The minimum atomic E-state index is -0.718. The van der Waals surface area contributed by atoms with E-state index in [4.69, 9.17) is 4.42 Å². The van der Waals surface area contributed by atoms with Gasteiger partial charge in [-0.3, -0.25) is 10.1 Å². The number of hydrogen-bond acceptors (Lipinski definition) is 6. The van der Waals surface area contributed by atoms with Gasteiger partial charge >= 0.3 is 5.97 Å². The second-order valence-electron chi connectivity index (χ2n) is 4.48. The molecule has 22 heavy (non-hydrogen) atoms. The van der Waals surface area contributed by atoms with E-state index in [0.717, 1.165) is 6.07 Å². The number of hydrogen-bond donors (Lipinski definition) is 0. The van der Waals surface area contributed by atoms with Crippen molar-refractivity contribution in [3.8, 4) is 11.5 Å². The van der Waals surface area contributed by atoms with E-state index in [1.54, 1.807) is 12.1 Å². The van der Waals surface area contributed by atoms with Crippen molar-refractivity contribution in [1.29, 1.82) is 0 Å². The molecule has 2 aromatic carbocycles. The van der Waals surface area contributed by atoms with E-state index < -0.39 is 10.9 Å². The lowest BCUT2D eigenvalue weighted by molar-refractivity contribution is -0.384. The number of esters is 1. The fourth-order valence-corrected chi connectivity index (χ4v) is 2.09. The molecule has 0 amide bonds. The molecule has 0 aliphatic carbocycles. The van der Waals surface area contributed by atoms with Crippen molar-refractivity contribution < 1.29 is 18.9 Å². The molecule has 110 valence electrons. The molecule has 3 rings (SSSR count). The van der Waals surface area contributed by atoms with E-state index in [1.807, 2.05) is 18.2 Å². The lowest BCUT2D eigenvalue weighted by Gasteiger charge is -1.99. The molecule has 1 aromatic heterocycles. The number of nitrogens with zero attached hydrogens (tertiary/aromatic N) is 2. The zero-order chi connectivity index (χ0) is 15.7. The zero-order valence-electron chi connectivity index (χ0n) is 11.5. The van der Waals surface area contributed by atoms with E-state index in [0.29, 0.717) is 5.56 Å². The Hall–Kier alpha value is -3.22. The maximum Gasteiger partial charge on any atom is 0.342 e.